The van der Waals surface area contributed by atoms with Crippen LogP contribution in [0.2, 0.25) is 0 Å². The number of benzene rings is 2. The van der Waals surface area contributed by atoms with Crippen LogP contribution in [0.3, 0.4) is 0 Å². The Balaban J connectivity index is 1.51. The minimum atomic E-state index is -1.12. The topological polar surface area (TPSA) is 106 Å². The highest BCUT2D eigenvalue weighted by atomic mass is 16.5. The van der Waals surface area contributed by atoms with E-state index in [1.165, 1.54) is 0 Å². The van der Waals surface area contributed by atoms with Crippen molar-refractivity contribution in [2.75, 3.05) is 0 Å². The van der Waals surface area contributed by atoms with Gasteiger partial charge in [0.2, 0.25) is 0 Å². The van der Waals surface area contributed by atoms with Crippen LogP contribution in [-0.4, -0.2) is 29.1 Å². The molecule has 0 spiro atoms. The van der Waals surface area contributed by atoms with Gasteiger partial charge in [-0.25, -0.2) is 9.59 Å². The van der Waals surface area contributed by atoms with Crippen LogP contribution in [0.5, 0.6) is 5.75 Å². The molecule has 1 aromatic heterocycles. The largest absolute Gasteiger partial charge is 0.480 e. The monoisotopic (exact) mass is 435 g/mol. The number of rotatable bonds is 7. The van der Waals surface area contributed by atoms with Crippen molar-refractivity contribution in [3.05, 3.63) is 75.1 Å². The lowest BCUT2D eigenvalue weighted by Crippen LogP contribution is -2.47. The van der Waals surface area contributed by atoms with Gasteiger partial charge >= 0.3 is 11.6 Å². The van der Waals surface area contributed by atoms with E-state index in [2.05, 4.69) is 5.32 Å². The number of ether oxygens (including phenoxy) is 1. The summed E-state index contributed by atoms with van der Waals surface area (Å²) in [4.78, 5) is 36.6. The fraction of sp³-hybridized carbons (Fsp3) is 0.320. The molecular formula is C25H25NO6. The zero-order valence-electron chi connectivity index (χ0n) is 18.0. The Morgan fingerprint density at radius 2 is 1.84 bits per heavy atom. The van der Waals surface area contributed by atoms with E-state index >= 15 is 0 Å². The molecule has 1 aliphatic carbocycles. The predicted molar refractivity (Wildman–Crippen MR) is 119 cm³/mol. The van der Waals surface area contributed by atoms with Gasteiger partial charge < -0.3 is 19.6 Å². The molecule has 7 heteroatoms. The fourth-order valence-corrected chi connectivity index (χ4v) is 4.17. The molecule has 0 saturated carbocycles. The van der Waals surface area contributed by atoms with Crippen molar-refractivity contribution in [1.29, 1.82) is 0 Å². The Bertz CT molecular complexity index is 1230. The number of hydrogen-bond donors (Lipinski definition) is 2. The molecule has 4 rings (SSSR count). The maximum Gasteiger partial charge on any atom is 0.339 e. The summed E-state index contributed by atoms with van der Waals surface area (Å²) in [7, 11) is 0. The van der Waals surface area contributed by atoms with Crippen LogP contribution in [-0.2, 0) is 28.9 Å². The molecule has 1 heterocycles. The van der Waals surface area contributed by atoms with Crippen molar-refractivity contribution in [2.45, 2.75) is 51.7 Å². The van der Waals surface area contributed by atoms with Crippen molar-refractivity contribution in [2.24, 2.45) is 0 Å². The Labute approximate surface area is 185 Å². The van der Waals surface area contributed by atoms with Crippen molar-refractivity contribution < 1.29 is 23.8 Å². The van der Waals surface area contributed by atoms with Crippen molar-refractivity contribution in [3.63, 3.8) is 0 Å². The summed E-state index contributed by atoms with van der Waals surface area (Å²) in [5, 5.41) is 13.0. The molecule has 1 unspecified atom stereocenters. The van der Waals surface area contributed by atoms with Crippen LogP contribution in [0.4, 0.5) is 0 Å². The second-order valence-electron chi connectivity index (χ2n) is 8.11. The molecule has 166 valence electrons. The van der Waals surface area contributed by atoms with Crippen LogP contribution >= 0.6 is 0 Å². The standard InChI is InChI=1S/C25H25NO6/c1-14-21(12-11-18-17-9-6-10-19(17)25(30)32-22(14)18)31-15(2)23(27)26-20(24(28)29)13-16-7-4-3-5-8-16/h3-5,7-8,11-12,15,20H,6,9-10,13H2,1-2H3,(H,26,27)(H,28,29)/t15?,20-/m0/s1. The first-order valence-corrected chi connectivity index (χ1v) is 10.7. The number of nitrogens with one attached hydrogen (secondary N) is 1. The van der Waals surface area contributed by atoms with Crippen LogP contribution in [0.25, 0.3) is 11.0 Å². The summed E-state index contributed by atoms with van der Waals surface area (Å²) in [5.41, 5.74) is 3.36. The summed E-state index contributed by atoms with van der Waals surface area (Å²) in [5.74, 6) is -1.24. The van der Waals surface area contributed by atoms with Gasteiger partial charge in [0.05, 0.1) is 0 Å². The normalized spacial score (nSPS) is 14.6. The van der Waals surface area contributed by atoms with E-state index in [1.807, 2.05) is 36.4 Å². The smallest absolute Gasteiger partial charge is 0.339 e. The van der Waals surface area contributed by atoms with E-state index in [0.29, 0.717) is 16.9 Å². The maximum absolute atomic E-state index is 12.7. The fourth-order valence-electron chi connectivity index (χ4n) is 4.17. The van der Waals surface area contributed by atoms with E-state index in [0.717, 1.165) is 41.3 Å². The van der Waals surface area contributed by atoms with Gasteiger partial charge in [-0.1, -0.05) is 30.3 Å². The molecular weight excluding hydrogens is 410 g/mol. The zero-order chi connectivity index (χ0) is 22.8. The molecule has 2 aromatic carbocycles. The highest BCUT2D eigenvalue weighted by molar-refractivity contribution is 5.88. The Hall–Kier alpha value is -3.61. The number of carbonyl (C=O) groups is 2. The van der Waals surface area contributed by atoms with Gasteiger partial charge in [0.25, 0.3) is 5.91 Å². The SMILES string of the molecule is Cc1c(OC(C)C(=O)N[C@@H](Cc2ccccc2)C(=O)O)ccc2c3c(c(=O)oc12)CCC3. The summed E-state index contributed by atoms with van der Waals surface area (Å²) in [6.45, 7) is 3.33. The summed E-state index contributed by atoms with van der Waals surface area (Å²) in [6, 6.07) is 11.6. The second-order valence-corrected chi connectivity index (χ2v) is 8.11. The first-order valence-electron chi connectivity index (χ1n) is 10.7. The van der Waals surface area contributed by atoms with Gasteiger partial charge in [-0.05, 0) is 56.4 Å². The molecule has 32 heavy (non-hydrogen) atoms. The van der Waals surface area contributed by atoms with Gasteiger partial charge in [-0.2, -0.15) is 0 Å². The quantitative estimate of drug-likeness (QED) is 0.552. The first kappa shape index (κ1) is 21.6. The lowest BCUT2D eigenvalue weighted by Gasteiger charge is -2.20. The van der Waals surface area contributed by atoms with Crippen molar-refractivity contribution in [3.8, 4) is 5.75 Å². The van der Waals surface area contributed by atoms with E-state index < -0.39 is 24.0 Å². The molecule has 0 radical (unpaired) electrons. The Morgan fingerprint density at radius 1 is 1.12 bits per heavy atom. The van der Waals surface area contributed by atoms with Gasteiger partial charge in [0.15, 0.2) is 6.10 Å². The predicted octanol–water partition coefficient (Wildman–Crippen LogP) is 3.17. The number of aryl methyl sites for hydroxylation is 2. The highest BCUT2D eigenvalue weighted by Crippen LogP contribution is 2.33. The van der Waals surface area contributed by atoms with Crippen LogP contribution in [0, 0.1) is 6.92 Å². The van der Waals surface area contributed by atoms with Gasteiger partial charge in [0.1, 0.15) is 17.4 Å². The zero-order valence-corrected chi connectivity index (χ0v) is 18.0. The van der Waals surface area contributed by atoms with Crippen LogP contribution in [0.15, 0.2) is 51.7 Å². The summed E-state index contributed by atoms with van der Waals surface area (Å²) >= 11 is 0. The molecule has 0 bridgehead atoms. The first-order chi connectivity index (χ1) is 15.3. The number of hydrogen-bond acceptors (Lipinski definition) is 5. The highest BCUT2D eigenvalue weighted by Gasteiger charge is 2.26. The molecule has 1 aliphatic rings. The van der Waals surface area contributed by atoms with E-state index in [1.54, 1.807) is 19.9 Å². The lowest BCUT2D eigenvalue weighted by atomic mass is 10.0. The average molecular weight is 435 g/mol. The lowest BCUT2D eigenvalue weighted by molar-refractivity contribution is -0.142. The van der Waals surface area contributed by atoms with Gasteiger partial charge in [-0.3, -0.25) is 4.79 Å². The number of aliphatic carboxylic acids is 1. The van der Waals surface area contributed by atoms with Crippen molar-refractivity contribution >= 4 is 22.8 Å². The minimum Gasteiger partial charge on any atom is -0.480 e. The number of carbonyl (C=O) groups excluding carboxylic acids is 1. The molecule has 1 amide bonds. The second kappa shape index (κ2) is 8.86. The third kappa shape index (κ3) is 4.23. The average Bonchev–Trinajstić information content (AvgIpc) is 3.27. The summed E-state index contributed by atoms with van der Waals surface area (Å²) < 4.78 is 11.4. The van der Waals surface area contributed by atoms with Crippen LogP contribution < -0.4 is 15.7 Å². The number of fused-ring (bicyclic) bond motifs is 3. The van der Waals surface area contributed by atoms with Gasteiger partial charge in [0, 0.05) is 22.9 Å². The van der Waals surface area contributed by atoms with Crippen molar-refractivity contribution in [1.82, 2.24) is 5.32 Å². The van der Waals surface area contributed by atoms with Crippen LogP contribution in [0.1, 0.15) is 35.6 Å². The molecule has 0 saturated heterocycles. The van der Waals surface area contributed by atoms with E-state index in [-0.39, 0.29) is 12.0 Å². The number of carboxylic acid groups (broad SMARTS) is 1. The van der Waals surface area contributed by atoms with E-state index in [9.17, 15) is 19.5 Å². The molecule has 3 aromatic rings. The minimum absolute atomic E-state index is 0.167. The third-order valence-electron chi connectivity index (χ3n) is 5.91. The van der Waals surface area contributed by atoms with Gasteiger partial charge in [-0.15, -0.1) is 0 Å². The maximum atomic E-state index is 12.7. The molecule has 7 nitrogen and oxygen atoms in total. The molecule has 2 N–H and O–H groups in total. The third-order valence-corrected chi connectivity index (χ3v) is 5.91. The Morgan fingerprint density at radius 3 is 2.56 bits per heavy atom. The number of amides is 1. The Kier molecular flexibility index (Phi) is 5.99. The molecule has 0 fully saturated rings. The summed E-state index contributed by atoms with van der Waals surface area (Å²) in [6.07, 6.45) is 1.73. The van der Waals surface area contributed by atoms with E-state index in [4.69, 9.17) is 9.15 Å². The molecule has 2 atom stereocenters. The molecule has 0 aliphatic heterocycles. The number of carboxylic acids is 1.